The molecule has 0 saturated carbocycles. The predicted molar refractivity (Wildman–Crippen MR) is 97.0 cm³/mol. The highest BCUT2D eigenvalue weighted by molar-refractivity contribution is 6.21. The summed E-state index contributed by atoms with van der Waals surface area (Å²) < 4.78 is 15.5. The second-order valence-electron chi connectivity index (χ2n) is 6.61. The smallest absolute Gasteiger partial charge is 0.338 e. The van der Waals surface area contributed by atoms with E-state index < -0.39 is 24.4 Å². The fourth-order valence-corrected chi connectivity index (χ4v) is 3.23. The van der Waals surface area contributed by atoms with Gasteiger partial charge in [-0.15, -0.1) is 0 Å². The number of amides is 3. The zero-order chi connectivity index (χ0) is 20.4. The topological polar surface area (TPSA) is 106 Å². The second kappa shape index (κ2) is 7.88. The molecule has 1 saturated heterocycles. The largest absolute Gasteiger partial charge is 0.467 e. The number of morpholine rings is 1. The molecule has 9 heteroatoms. The summed E-state index contributed by atoms with van der Waals surface area (Å²) >= 11 is 0. The Balaban J connectivity index is 1.42. The summed E-state index contributed by atoms with van der Waals surface area (Å²) in [6.45, 7) is 1.43. The van der Waals surface area contributed by atoms with Crippen LogP contribution in [0.5, 0.6) is 0 Å². The number of esters is 1. The van der Waals surface area contributed by atoms with E-state index in [1.54, 1.807) is 17.0 Å². The van der Waals surface area contributed by atoms with E-state index in [2.05, 4.69) is 0 Å². The Morgan fingerprint density at radius 2 is 1.79 bits per heavy atom. The van der Waals surface area contributed by atoms with Crippen molar-refractivity contribution in [3.8, 4) is 0 Å². The highest BCUT2D eigenvalue weighted by atomic mass is 16.5. The Bertz CT molecular complexity index is 961. The molecular formula is C20H18N2O7. The Morgan fingerprint density at radius 3 is 2.52 bits per heavy atom. The van der Waals surface area contributed by atoms with Crippen molar-refractivity contribution in [1.82, 2.24) is 9.80 Å². The molecule has 29 heavy (non-hydrogen) atoms. The van der Waals surface area contributed by atoms with Crippen molar-refractivity contribution >= 4 is 23.7 Å². The van der Waals surface area contributed by atoms with Crippen LogP contribution < -0.4 is 0 Å². The first-order chi connectivity index (χ1) is 14.0. The molecule has 0 spiro atoms. The molecule has 9 nitrogen and oxygen atoms in total. The maximum absolute atomic E-state index is 12.6. The van der Waals surface area contributed by atoms with Gasteiger partial charge in [0.2, 0.25) is 0 Å². The molecular weight excluding hydrogens is 380 g/mol. The fourth-order valence-electron chi connectivity index (χ4n) is 3.23. The molecule has 2 aliphatic rings. The van der Waals surface area contributed by atoms with Crippen molar-refractivity contribution in [2.75, 3.05) is 32.9 Å². The third kappa shape index (κ3) is 3.77. The average Bonchev–Trinajstić information content (AvgIpc) is 3.35. The monoisotopic (exact) mass is 398 g/mol. The summed E-state index contributed by atoms with van der Waals surface area (Å²) in [5, 5.41) is 0. The highest BCUT2D eigenvalue weighted by Crippen LogP contribution is 2.26. The van der Waals surface area contributed by atoms with Crippen molar-refractivity contribution in [1.29, 1.82) is 0 Å². The van der Waals surface area contributed by atoms with Gasteiger partial charge in [-0.2, -0.15) is 0 Å². The number of fused-ring (bicyclic) bond motifs is 1. The fraction of sp³-hybridized carbons (Fsp3) is 0.300. The first-order valence-electron chi connectivity index (χ1n) is 9.10. The van der Waals surface area contributed by atoms with Gasteiger partial charge >= 0.3 is 5.97 Å². The van der Waals surface area contributed by atoms with Crippen molar-refractivity contribution in [3.63, 3.8) is 0 Å². The van der Waals surface area contributed by atoms with Crippen LogP contribution in [0.15, 0.2) is 41.0 Å². The van der Waals surface area contributed by atoms with E-state index in [1.165, 1.54) is 24.5 Å². The van der Waals surface area contributed by atoms with E-state index in [0.29, 0.717) is 32.1 Å². The zero-order valence-corrected chi connectivity index (χ0v) is 15.5. The summed E-state index contributed by atoms with van der Waals surface area (Å²) in [5.74, 6) is -1.54. The van der Waals surface area contributed by atoms with E-state index >= 15 is 0 Å². The van der Waals surface area contributed by atoms with Crippen LogP contribution in [0.3, 0.4) is 0 Å². The molecule has 1 fully saturated rings. The van der Waals surface area contributed by atoms with Gasteiger partial charge in [0.05, 0.1) is 42.7 Å². The molecule has 0 N–H and O–H groups in total. The Kier molecular flexibility index (Phi) is 5.13. The maximum Gasteiger partial charge on any atom is 0.338 e. The van der Waals surface area contributed by atoms with Crippen LogP contribution in [-0.4, -0.2) is 66.4 Å². The van der Waals surface area contributed by atoms with Crippen molar-refractivity contribution in [2.24, 2.45) is 0 Å². The van der Waals surface area contributed by atoms with Crippen LogP contribution in [-0.2, 0) is 20.8 Å². The normalized spacial score (nSPS) is 16.1. The lowest BCUT2D eigenvalue weighted by Gasteiger charge is -2.26. The molecule has 2 aliphatic heterocycles. The van der Waals surface area contributed by atoms with E-state index in [0.717, 1.165) is 4.90 Å². The molecule has 0 radical (unpaired) electrons. The predicted octanol–water partition coefficient (Wildman–Crippen LogP) is 1.09. The SMILES string of the molecule is O=C(OCC(=O)N1CCOCC1)c1ccc2c(c1)C(=O)N(Cc1ccco1)C2=O. The van der Waals surface area contributed by atoms with Crippen LogP contribution in [0.4, 0.5) is 0 Å². The molecule has 150 valence electrons. The third-order valence-electron chi connectivity index (χ3n) is 4.79. The quantitative estimate of drug-likeness (QED) is 0.548. The Labute approximate surface area is 165 Å². The minimum Gasteiger partial charge on any atom is -0.467 e. The lowest BCUT2D eigenvalue weighted by Crippen LogP contribution is -2.42. The number of carbonyl (C=O) groups excluding carboxylic acids is 4. The molecule has 0 unspecified atom stereocenters. The molecule has 1 aromatic heterocycles. The number of benzene rings is 1. The number of rotatable bonds is 5. The van der Waals surface area contributed by atoms with E-state index in [-0.39, 0.29) is 29.1 Å². The number of nitrogens with zero attached hydrogens (tertiary/aromatic N) is 2. The Morgan fingerprint density at radius 1 is 1.03 bits per heavy atom. The van der Waals surface area contributed by atoms with Gasteiger partial charge in [0.15, 0.2) is 6.61 Å². The molecule has 3 amide bonds. The molecule has 4 rings (SSSR count). The number of hydrogen-bond acceptors (Lipinski definition) is 7. The summed E-state index contributed by atoms with van der Waals surface area (Å²) in [6.07, 6.45) is 1.46. The molecule has 0 atom stereocenters. The zero-order valence-electron chi connectivity index (χ0n) is 15.5. The average molecular weight is 398 g/mol. The molecule has 1 aromatic carbocycles. The van der Waals surface area contributed by atoms with Gasteiger partial charge in [-0.1, -0.05) is 0 Å². The van der Waals surface area contributed by atoms with Crippen LogP contribution in [0, 0.1) is 0 Å². The summed E-state index contributed by atoms with van der Waals surface area (Å²) in [5.41, 5.74) is 0.428. The van der Waals surface area contributed by atoms with Crippen LogP contribution in [0.2, 0.25) is 0 Å². The van der Waals surface area contributed by atoms with Crippen LogP contribution >= 0.6 is 0 Å². The molecule has 2 aromatic rings. The minimum absolute atomic E-state index is 0.00712. The van der Waals surface area contributed by atoms with Gasteiger partial charge < -0.3 is 18.8 Å². The van der Waals surface area contributed by atoms with Crippen LogP contribution in [0.25, 0.3) is 0 Å². The van der Waals surface area contributed by atoms with Crippen molar-refractivity contribution < 1.29 is 33.1 Å². The number of imide groups is 1. The standard InChI is InChI=1S/C20H18N2O7/c23-17(21-5-8-27-9-6-21)12-29-20(26)13-3-4-15-16(10-13)19(25)22(18(15)24)11-14-2-1-7-28-14/h1-4,7,10H,5-6,8-9,11-12H2. The first-order valence-corrected chi connectivity index (χ1v) is 9.10. The third-order valence-corrected chi connectivity index (χ3v) is 4.79. The minimum atomic E-state index is -0.737. The van der Waals surface area contributed by atoms with Gasteiger partial charge in [-0.3, -0.25) is 19.3 Å². The molecule has 3 heterocycles. The van der Waals surface area contributed by atoms with Crippen molar-refractivity contribution in [3.05, 3.63) is 59.0 Å². The lowest BCUT2D eigenvalue weighted by molar-refractivity contribution is -0.138. The second-order valence-corrected chi connectivity index (χ2v) is 6.61. The van der Waals surface area contributed by atoms with Gasteiger partial charge in [0.25, 0.3) is 17.7 Å². The van der Waals surface area contributed by atoms with Gasteiger partial charge in [0.1, 0.15) is 5.76 Å². The summed E-state index contributed by atoms with van der Waals surface area (Å²) in [7, 11) is 0. The Hall–Kier alpha value is -3.46. The van der Waals surface area contributed by atoms with E-state index in [1.807, 2.05) is 0 Å². The molecule has 0 bridgehead atoms. The first kappa shape index (κ1) is 18.9. The highest BCUT2D eigenvalue weighted by Gasteiger charge is 2.36. The number of carbonyl (C=O) groups is 4. The van der Waals surface area contributed by atoms with Crippen LogP contribution in [0.1, 0.15) is 36.8 Å². The van der Waals surface area contributed by atoms with Gasteiger partial charge in [-0.25, -0.2) is 4.79 Å². The number of furan rings is 1. The van der Waals surface area contributed by atoms with E-state index in [9.17, 15) is 19.2 Å². The van der Waals surface area contributed by atoms with Gasteiger partial charge in [0, 0.05) is 13.1 Å². The number of hydrogen-bond donors (Lipinski definition) is 0. The maximum atomic E-state index is 12.6. The summed E-state index contributed by atoms with van der Waals surface area (Å²) in [6, 6.07) is 7.47. The van der Waals surface area contributed by atoms with Crippen molar-refractivity contribution in [2.45, 2.75) is 6.54 Å². The van der Waals surface area contributed by atoms with Gasteiger partial charge in [-0.05, 0) is 30.3 Å². The summed E-state index contributed by atoms with van der Waals surface area (Å²) in [4.78, 5) is 52.1. The van der Waals surface area contributed by atoms with E-state index in [4.69, 9.17) is 13.9 Å². The number of ether oxygens (including phenoxy) is 2. The lowest BCUT2D eigenvalue weighted by atomic mass is 10.1. The molecule has 0 aliphatic carbocycles.